The van der Waals surface area contributed by atoms with Crippen LogP contribution in [0.4, 0.5) is 9.52 Å². The van der Waals surface area contributed by atoms with Crippen LogP contribution in [-0.4, -0.2) is 65.9 Å². The summed E-state index contributed by atoms with van der Waals surface area (Å²) in [5.74, 6) is -0.241. The van der Waals surface area contributed by atoms with E-state index in [1.54, 1.807) is 30.6 Å². The third-order valence-corrected chi connectivity index (χ3v) is 5.41. The Morgan fingerprint density at radius 3 is 2.60 bits per heavy atom. The highest BCUT2D eigenvalue weighted by Crippen LogP contribution is 2.27. The van der Waals surface area contributed by atoms with Gasteiger partial charge in [-0.1, -0.05) is 11.3 Å². The lowest BCUT2D eigenvalue weighted by Crippen LogP contribution is -2.47. The van der Waals surface area contributed by atoms with Gasteiger partial charge in [-0.25, -0.2) is 13.9 Å². The van der Waals surface area contributed by atoms with Crippen molar-refractivity contribution in [3.8, 4) is 11.3 Å². The van der Waals surface area contributed by atoms with Crippen LogP contribution in [0.5, 0.6) is 0 Å². The predicted octanol–water partition coefficient (Wildman–Crippen LogP) is 2.37. The lowest BCUT2D eigenvalue weighted by Gasteiger charge is -2.34. The van der Waals surface area contributed by atoms with Crippen molar-refractivity contribution in [1.82, 2.24) is 19.5 Å². The van der Waals surface area contributed by atoms with Gasteiger partial charge in [0.2, 0.25) is 10.1 Å². The van der Waals surface area contributed by atoms with E-state index in [0.29, 0.717) is 0 Å². The van der Waals surface area contributed by atoms with E-state index < -0.39 is 0 Å². The van der Waals surface area contributed by atoms with Crippen LogP contribution in [0.1, 0.15) is 0 Å². The van der Waals surface area contributed by atoms with Crippen molar-refractivity contribution in [3.63, 3.8) is 0 Å². The van der Waals surface area contributed by atoms with Crippen molar-refractivity contribution >= 4 is 21.4 Å². The number of halogens is 1. The molecule has 0 radical (unpaired) electrons. The number of aromatic nitrogens is 3. The standard InChI is InChI=1S/C17H20FN5OS/c1-24-11-10-21-6-8-22(9-7-21)17-20-23-12-15(19-16(23)25-17)13-2-4-14(18)5-3-13/h2-5,12H,6-11H2,1H3. The van der Waals surface area contributed by atoms with E-state index in [9.17, 15) is 4.39 Å². The molecule has 1 saturated heterocycles. The van der Waals surface area contributed by atoms with Gasteiger partial charge in [0.15, 0.2) is 0 Å². The average Bonchev–Trinajstić information content (AvgIpc) is 3.20. The molecule has 1 aromatic carbocycles. The lowest BCUT2D eigenvalue weighted by atomic mass is 10.2. The Hall–Kier alpha value is -2.03. The zero-order chi connectivity index (χ0) is 17.2. The van der Waals surface area contributed by atoms with Gasteiger partial charge in [-0.15, -0.1) is 5.10 Å². The Bertz CT molecular complexity index is 807. The maximum Gasteiger partial charge on any atom is 0.214 e. The van der Waals surface area contributed by atoms with Gasteiger partial charge < -0.3 is 9.64 Å². The van der Waals surface area contributed by atoms with E-state index in [1.165, 1.54) is 12.1 Å². The predicted molar refractivity (Wildman–Crippen MR) is 96.8 cm³/mol. The Labute approximate surface area is 149 Å². The van der Waals surface area contributed by atoms with Crippen LogP contribution >= 0.6 is 11.3 Å². The Morgan fingerprint density at radius 2 is 1.92 bits per heavy atom. The highest BCUT2D eigenvalue weighted by Gasteiger charge is 2.20. The molecule has 0 aliphatic carbocycles. The van der Waals surface area contributed by atoms with E-state index in [2.05, 4.69) is 19.9 Å². The lowest BCUT2D eigenvalue weighted by molar-refractivity contribution is 0.144. The minimum absolute atomic E-state index is 0.241. The van der Waals surface area contributed by atoms with E-state index >= 15 is 0 Å². The summed E-state index contributed by atoms with van der Waals surface area (Å²) in [6, 6.07) is 6.37. The number of fused-ring (bicyclic) bond motifs is 1. The van der Waals surface area contributed by atoms with Crippen LogP contribution in [0.3, 0.4) is 0 Å². The van der Waals surface area contributed by atoms with Crippen molar-refractivity contribution in [2.24, 2.45) is 0 Å². The molecule has 1 aliphatic heterocycles. The first-order valence-corrected chi connectivity index (χ1v) is 9.13. The second-order valence-electron chi connectivity index (χ2n) is 6.07. The first kappa shape index (κ1) is 16.4. The zero-order valence-electron chi connectivity index (χ0n) is 14.1. The summed E-state index contributed by atoms with van der Waals surface area (Å²) < 4.78 is 20.0. The maximum atomic E-state index is 13.1. The molecule has 1 fully saturated rings. The second-order valence-corrected chi connectivity index (χ2v) is 7.00. The topological polar surface area (TPSA) is 45.9 Å². The summed E-state index contributed by atoms with van der Waals surface area (Å²) in [6.45, 7) is 5.72. The number of methoxy groups -OCH3 is 1. The number of imidazole rings is 1. The minimum Gasteiger partial charge on any atom is -0.383 e. The molecule has 132 valence electrons. The average molecular weight is 361 g/mol. The molecule has 0 amide bonds. The molecule has 4 rings (SSSR count). The number of piperazine rings is 1. The molecular formula is C17H20FN5OS. The maximum absolute atomic E-state index is 13.1. The molecule has 8 heteroatoms. The van der Waals surface area contributed by atoms with Crippen LogP contribution in [-0.2, 0) is 4.74 Å². The number of nitrogens with zero attached hydrogens (tertiary/aromatic N) is 5. The number of ether oxygens (including phenoxy) is 1. The van der Waals surface area contributed by atoms with Gasteiger partial charge in [0.05, 0.1) is 18.5 Å². The fourth-order valence-electron chi connectivity index (χ4n) is 2.96. The van der Waals surface area contributed by atoms with Crippen LogP contribution in [0, 0.1) is 5.82 Å². The molecule has 0 saturated carbocycles. The fraction of sp³-hybridized carbons (Fsp3) is 0.412. The van der Waals surface area contributed by atoms with Gasteiger partial charge >= 0.3 is 0 Å². The summed E-state index contributed by atoms with van der Waals surface area (Å²) in [6.07, 6.45) is 1.90. The summed E-state index contributed by atoms with van der Waals surface area (Å²) in [4.78, 5) is 10.2. The van der Waals surface area contributed by atoms with Gasteiger partial charge in [0.25, 0.3) is 0 Å². The third kappa shape index (κ3) is 3.51. The monoisotopic (exact) mass is 361 g/mol. The largest absolute Gasteiger partial charge is 0.383 e. The summed E-state index contributed by atoms with van der Waals surface area (Å²) in [5, 5.41) is 5.67. The normalized spacial score (nSPS) is 16.0. The SMILES string of the molecule is COCCN1CCN(c2nn3cc(-c4ccc(F)cc4)nc3s2)CC1. The summed E-state index contributed by atoms with van der Waals surface area (Å²) in [7, 11) is 1.74. The highest BCUT2D eigenvalue weighted by molar-refractivity contribution is 7.20. The van der Waals surface area contributed by atoms with E-state index in [4.69, 9.17) is 4.74 Å². The van der Waals surface area contributed by atoms with E-state index in [0.717, 1.165) is 60.7 Å². The van der Waals surface area contributed by atoms with Gasteiger partial charge in [-0.2, -0.15) is 0 Å². The Morgan fingerprint density at radius 1 is 1.16 bits per heavy atom. The number of benzene rings is 1. The minimum atomic E-state index is -0.241. The molecule has 0 bridgehead atoms. The molecule has 2 aromatic heterocycles. The smallest absolute Gasteiger partial charge is 0.214 e. The summed E-state index contributed by atoms with van der Waals surface area (Å²) >= 11 is 1.59. The molecule has 0 N–H and O–H groups in total. The Kier molecular flexibility index (Phi) is 4.65. The van der Waals surface area contributed by atoms with Gasteiger partial charge in [0, 0.05) is 45.4 Å². The fourth-order valence-corrected chi connectivity index (χ4v) is 3.90. The van der Waals surface area contributed by atoms with E-state index in [1.807, 2.05) is 10.7 Å². The number of hydrogen-bond donors (Lipinski definition) is 0. The van der Waals surface area contributed by atoms with Crippen LogP contribution in [0.2, 0.25) is 0 Å². The molecule has 3 heterocycles. The van der Waals surface area contributed by atoms with Crippen LogP contribution < -0.4 is 4.90 Å². The number of rotatable bonds is 5. The van der Waals surface area contributed by atoms with Gasteiger partial charge in [0.1, 0.15) is 5.82 Å². The molecular weight excluding hydrogens is 341 g/mol. The highest BCUT2D eigenvalue weighted by atomic mass is 32.1. The van der Waals surface area contributed by atoms with Gasteiger partial charge in [-0.3, -0.25) is 4.90 Å². The molecule has 0 atom stereocenters. The quantitative estimate of drug-likeness (QED) is 0.698. The van der Waals surface area contributed by atoms with Crippen molar-refractivity contribution in [1.29, 1.82) is 0 Å². The molecule has 6 nitrogen and oxygen atoms in total. The van der Waals surface area contributed by atoms with Crippen molar-refractivity contribution in [2.45, 2.75) is 0 Å². The zero-order valence-corrected chi connectivity index (χ0v) is 14.9. The summed E-state index contributed by atoms with van der Waals surface area (Å²) in [5.41, 5.74) is 1.71. The van der Waals surface area contributed by atoms with Crippen LogP contribution in [0.25, 0.3) is 16.2 Å². The number of hydrogen-bond acceptors (Lipinski definition) is 6. The molecule has 1 aliphatic rings. The number of anilines is 1. The first-order valence-electron chi connectivity index (χ1n) is 8.31. The van der Waals surface area contributed by atoms with E-state index in [-0.39, 0.29) is 5.82 Å². The molecule has 3 aromatic rings. The molecule has 0 spiro atoms. The molecule has 0 unspecified atom stereocenters. The van der Waals surface area contributed by atoms with Crippen molar-refractivity contribution in [3.05, 3.63) is 36.3 Å². The second kappa shape index (κ2) is 7.07. The van der Waals surface area contributed by atoms with Gasteiger partial charge in [-0.05, 0) is 24.3 Å². The Balaban J connectivity index is 1.46. The van der Waals surface area contributed by atoms with Crippen LogP contribution in [0.15, 0.2) is 30.5 Å². The first-order chi connectivity index (χ1) is 12.2. The third-order valence-electron chi connectivity index (χ3n) is 4.43. The molecule has 25 heavy (non-hydrogen) atoms. The van der Waals surface area contributed by atoms with Crippen molar-refractivity contribution < 1.29 is 9.13 Å². The van der Waals surface area contributed by atoms with Crippen molar-refractivity contribution in [2.75, 3.05) is 51.3 Å².